The molecule has 0 aliphatic carbocycles. The molecule has 1 heterocycles. The molecule has 4 rings (SSSR count). The average Bonchev–Trinajstić information content (AvgIpc) is 2.82. The summed E-state index contributed by atoms with van der Waals surface area (Å²) >= 11 is 0. The Kier molecular flexibility index (Phi) is 7.01. The monoisotopic (exact) mass is 477 g/mol. The second-order valence-corrected chi connectivity index (χ2v) is 12.0. The summed E-state index contributed by atoms with van der Waals surface area (Å²) in [4.78, 5) is 5.16. The van der Waals surface area contributed by atoms with Gasteiger partial charge in [0.1, 0.15) is 0 Å². The number of benzene rings is 3. The van der Waals surface area contributed by atoms with Gasteiger partial charge in [-0.3, -0.25) is 4.90 Å². The third-order valence-corrected chi connectivity index (χ3v) is 7.68. The van der Waals surface area contributed by atoms with Crippen LogP contribution in [0.15, 0.2) is 83.8 Å². The van der Waals surface area contributed by atoms with Gasteiger partial charge in [0.2, 0.25) is 0 Å². The predicted molar refractivity (Wildman–Crippen MR) is 141 cm³/mol. The lowest BCUT2D eigenvalue weighted by molar-refractivity contribution is 0.128. The third-order valence-electron chi connectivity index (χ3n) is 6.52. The summed E-state index contributed by atoms with van der Waals surface area (Å²) in [5.41, 5.74) is 3.99. The van der Waals surface area contributed by atoms with Crippen LogP contribution in [0.3, 0.4) is 0 Å². The summed E-state index contributed by atoms with van der Waals surface area (Å²) in [5, 5.41) is 3.58. The molecule has 0 saturated carbocycles. The molecule has 3 aromatic carbocycles. The average molecular weight is 478 g/mol. The smallest absolute Gasteiger partial charge is 0.177 e. The van der Waals surface area contributed by atoms with Crippen molar-refractivity contribution in [1.82, 2.24) is 4.90 Å². The number of sulfone groups is 1. The number of rotatable bonds is 6. The number of hydrogen-bond acceptors (Lipinski definition) is 5. The van der Waals surface area contributed by atoms with Crippen molar-refractivity contribution in [3.63, 3.8) is 0 Å². The zero-order chi connectivity index (χ0) is 24.3. The van der Waals surface area contributed by atoms with E-state index in [1.807, 2.05) is 48.5 Å². The second-order valence-electron chi connectivity index (χ2n) is 10.00. The lowest BCUT2D eigenvalue weighted by atomic mass is 9.98. The molecule has 6 heteroatoms. The topological polar surface area (TPSA) is 52.7 Å². The van der Waals surface area contributed by atoms with Crippen LogP contribution in [-0.2, 0) is 9.84 Å². The van der Waals surface area contributed by atoms with Gasteiger partial charge in [0, 0.05) is 43.7 Å². The van der Waals surface area contributed by atoms with E-state index < -0.39 is 9.84 Å². The maximum atomic E-state index is 12.7. The van der Waals surface area contributed by atoms with Crippen LogP contribution in [0.4, 0.5) is 11.4 Å². The van der Waals surface area contributed by atoms with Gasteiger partial charge in [-0.05, 0) is 50.1 Å². The van der Waals surface area contributed by atoms with E-state index in [0.29, 0.717) is 10.6 Å². The standard InChI is InChI=1S/C28H35N3O2S/c1-28(2,3)31-19-17-30(18-20-31)24-15-16-26(34(4,32)33)25(21-24)29-27(22-11-7-5-8-12-22)23-13-9-6-10-14-23/h5-16,21,27,29H,17-20H2,1-4H3. The highest BCUT2D eigenvalue weighted by atomic mass is 32.2. The molecule has 1 saturated heterocycles. The number of anilines is 2. The molecule has 1 fully saturated rings. The van der Waals surface area contributed by atoms with Crippen molar-refractivity contribution < 1.29 is 8.42 Å². The van der Waals surface area contributed by atoms with E-state index in [9.17, 15) is 8.42 Å². The normalized spacial score (nSPS) is 15.5. The van der Waals surface area contributed by atoms with Crippen molar-refractivity contribution in [3.8, 4) is 0 Å². The zero-order valence-electron chi connectivity index (χ0n) is 20.5. The van der Waals surface area contributed by atoms with E-state index >= 15 is 0 Å². The van der Waals surface area contributed by atoms with Gasteiger partial charge in [-0.15, -0.1) is 0 Å². The SMILES string of the molecule is CC(C)(C)N1CCN(c2ccc(S(C)(=O)=O)c(NC(c3ccccc3)c3ccccc3)c2)CC1. The van der Waals surface area contributed by atoms with Crippen LogP contribution in [0.2, 0.25) is 0 Å². The van der Waals surface area contributed by atoms with Crippen molar-refractivity contribution in [2.24, 2.45) is 0 Å². The van der Waals surface area contributed by atoms with E-state index in [2.05, 4.69) is 60.2 Å². The van der Waals surface area contributed by atoms with Gasteiger partial charge in [0.15, 0.2) is 9.84 Å². The molecule has 1 aliphatic rings. The van der Waals surface area contributed by atoms with E-state index in [-0.39, 0.29) is 11.6 Å². The third kappa shape index (κ3) is 5.62. The molecule has 5 nitrogen and oxygen atoms in total. The van der Waals surface area contributed by atoms with Gasteiger partial charge in [0.25, 0.3) is 0 Å². The summed E-state index contributed by atoms with van der Waals surface area (Å²) < 4.78 is 25.4. The lowest BCUT2D eigenvalue weighted by Gasteiger charge is -2.43. The van der Waals surface area contributed by atoms with E-state index in [1.165, 1.54) is 6.26 Å². The van der Waals surface area contributed by atoms with E-state index in [4.69, 9.17) is 0 Å². The number of nitrogens with zero attached hydrogens (tertiary/aromatic N) is 2. The highest BCUT2D eigenvalue weighted by Crippen LogP contribution is 2.33. The van der Waals surface area contributed by atoms with Crippen LogP contribution in [0.25, 0.3) is 0 Å². The van der Waals surface area contributed by atoms with Gasteiger partial charge in [-0.2, -0.15) is 0 Å². The maximum absolute atomic E-state index is 12.7. The van der Waals surface area contributed by atoms with Gasteiger partial charge in [-0.1, -0.05) is 60.7 Å². The highest BCUT2D eigenvalue weighted by molar-refractivity contribution is 7.90. The Morgan fingerprint density at radius 2 is 1.32 bits per heavy atom. The predicted octanol–water partition coefficient (Wildman–Crippen LogP) is 5.21. The van der Waals surface area contributed by atoms with Crippen molar-refractivity contribution in [2.45, 2.75) is 37.2 Å². The molecule has 0 unspecified atom stereocenters. The fraction of sp³-hybridized carbons (Fsp3) is 0.357. The first-order valence-electron chi connectivity index (χ1n) is 11.8. The van der Waals surface area contributed by atoms with Crippen molar-refractivity contribution in [2.75, 3.05) is 42.7 Å². The minimum absolute atomic E-state index is 0.150. The summed E-state index contributed by atoms with van der Waals surface area (Å²) in [6.07, 6.45) is 1.27. The van der Waals surface area contributed by atoms with E-state index in [1.54, 1.807) is 6.07 Å². The molecule has 180 valence electrons. The lowest BCUT2D eigenvalue weighted by Crippen LogP contribution is -2.53. The first kappa shape index (κ1) is 24.3. The Bertz CT molecular complexity index is 1160. The Morgan fingerprint density at radius 3 is 1.79 bits per heavy atom. The number of hydrogen-bond donors (Lipinski definition) is 1. The molecule has 1 N–H and O–H groups in total. The molecule has 0 spiro atoms. The summed E-state index contributed by atoms with van der Waals surface area (Å²) in [6.45, 7) is 10.5. The summed E-state index contributed by atoms with van der Waals surface area (Å²) in [6, 6.07) is 25.8. The van der Waals surface area contributed by atoms with Crippen molar-refractivity contribution in [3.05, 3.63) is 90.0 Å². The molecule has 0 aromatic heterocycles. The minimum Gasteiger partial charge on any atom is -0.373 e. The molecule has 34 heavy (non-hydrogen) atoms. The van der Waals surface area contributed by atoms with Crippen LogP contribution < -0.4 is 10.2 Å². The largest absolute Gasteiger partial charge is 0.373 e. The van der Waals surface area contributed by atoms with Crippen molar-refractivity contribution in [1.29, 1.82) is 0 Å². The van der Waals surface area contributed by atoms with Crippen LogP contribution in [-0.4, -0.2) is 51.3 Å². The first-order valence-corrected chi connectivity index (χ1v) is 13.7. The Morgan fingerprint density at radius 1 is 0.794 bits per heavy atom. The maximum Gasteiger partial charge on any atom is 0.177 e. The quantitative estimate of drug-likeness (QED) is 0.528. The van der Waals surface area contributed by atoms with Crippen molar-refractivity contribution >= 4 is 21.2 Å². The minimum atomic E-state index is -3.41. The molecular formula is C28H35N3O2S. The molecule has 3 aromatic rings. The van der Waals surface area contributed by atoms with Gasteiger partial charge < -0.3 is 10.2 Å². The molecule has 0 atom stereocenters. The molecular weight excluding hydrogens is 442 g/mol. The van der Waals surface area contributed by atoms with Crippen LogP contribution >= 0.6 is 0 Å². The number of nitrogens with one attached hydrogen (secondary N) is 1. The summed E-state index contributed by atoms with van der Waals surface area (Å²) in [5.74, 6) is 0. The number of piperazine rings is 1. The van der Waals surface area contributed by atoms with Gasteiger partial charge >= 0.3 is 0 Å². The fourth-order valence-corrected chi connectivity index (χ4v) is 5.42. The van der Waals surface area contributed by atoms with Crippen LogP contribution in [0, 0.1) is 0 Å². The Hall–Kier alpha value is -2.83. The molecule has 0 amide bonds. The zero-order valence-corrected chi connectivity index (χ0v) is 21.3. The van der Waals surface area contributed by atoms with Gasteiger partial charge in [-0.25, -0.2) is 8.42 Å². The van der Waals surface area contributed by atoms with E-state index in [0.717, 1.165) is 43.0 Å². The Labute approximate surface area is 204 Å². The van der Waals surface area contributed by atoms with Gasteiger partial charge in [0.05, 0.1) is 16.6 Å². The highest BCUT2D eigenvalue weighted by Gasteiger charge is 2.27. The van der Waals surface area contributed by atoms with Crippen LogP contribution in [0.1, 0.15) is 37.9 Å². The molecule has 0 bridgehead atoms. The summed E-state index contributed by atoms with van der Waals surface area (Å²) in [7, 11) is -3.41. The first-order chi connectivity index (χ1) is 16.1. The Balaban J connectivity index is 1.69. The second kappa shape index (κ2) is 9.80. The molecule has 1 aliphatic heterocycles. The van der Waals surface area contributed by atoms with Crippen LogP contribution in [0.5, 0.6) is 0 Å². The molecule has 0 radical (unpaired) electrons. The fourth-order valence-electron chi connectivity index (χ4n) is 4.59.